The summed E-state index contributed by atoms with van der Waals surface area (Å²) in [5, 5.41) is 0. The van der Waals surface area contributed by atoms with Crippen LogP contribution in [0.4, 0.5) is 0 Å². The van der Waals surface area contributed by atoms with Crippen molar-refractivity contribution in [1.29, 1.82) is 0 Å². The average molecular weight is 290 g/mol. The first kappa shape index (κ1) is 15.1. The van der Waals surface area contributed by atoms with Crippen molar-refractivity contribution < 1.29 is 9.53 Å². The van der Waals surface area contributed by atoms with Crippen LogP contribution in [0.1, 0.15) is 66.2 Å². The summed E-state index contributed by atoms with van der Waals surface area (Å²) in [7, 11) is 0. The average Bonchev–Trinajstić information content (AvgIpc) is 2.37. The van der Waals surface area contributed by atoms with E-state index >= 15 is 0 Å². The molecule has 0 aromatic rings. The SMILES string of the molecule is CC(=O)O[C@H]1C=C[C@@H]2CC[C@H]3C(C)(C)CCC[C@]3(C)[C@H]2C1. The van der Waals surface area contributed by atoms with Crippen LogP contribution in [0.3, 0.4) is 0 Å². The van der Waals surface area contributed by atoms with Crippen LogP contribution in [0, 0.1) is 28.6 Å². The van der Waals surface area contributed by atoms with Crippen molar-refractivity contribution in [2.24, 2.45) is 28.6 Å². The van der Waals surface area contributed by atoms with Gasteiger partial charge >= 0.3 is 5.97 Å². The molecule has 2 fully saturated rings. The van der Waals surface area contributed by atoms with Crippen LogP contribution >= 0.6 is 0 Å². The summed E-state index contributed by atoms with van der Waals surface area (Å²) in [6.07, 6.45) is 12.3. The fourth-order valence-corrected chi connectivity index (χ4v) is 5.95. The van der Waals surface area contributed by atoms with E-state index < -0.39 is 0 Å². The maximum atomic E-state index is 11.3. The molecule has 0 N–H and O–H groups in total. The van der Waals surface area contributed by atoms with Crippen LogP contribution in [0.25, 0.3) is 0 Å². The Morgan fingerprint density at radius 3 is 2.62 bits per heavy atom. The van der Waals surface area contributed by atoms with Gasteiger partial charge in [-0.1, -0.05) is 33.3 Å². The van der Waals surface area contributed by atoms with E-state index in [1.807, 2.05) is 0 Å². The minimum Gasteiger partial charge on any atom is -0.458 e. The van der Waals surface area contributed by atoms with Crippen molar-refractivity contribution in [3.63, 3.8) is 0 Å². The Morgan fingerprint density at radius 2 is 1.90 bits per heavy atom. The van der Waals surface area contributed by atoms with Crippen LogP contribution < -0.4 is 0 Å². The highest BCUT2D eigenvalue weighted by atomic mass is 16.5. The molecule has 0 heterocycles. The Balaban J connectivity index is 1.86. The molecule has 0 saturated heterocycles. The first-order valence-electron chi connectivity index (χ1n) is 8.68. The lowest BCUT2D eigenvalue weighted by Crippen LogP contribution is -2.52. The van der Waals surface area contributed by atoms with Gasteiger partial charge in [0.15, 0.2) is 0 Å². The molecule has 0 unspecified atom stereocenters. The molecule has 3 rings (SSSR count). The predicted molar refractivity (Wildman–Crippen MR) is 84.8 cm³/mol. The molecule has 0 bridgehead atoms. The molecule has 3 aliphatic carbocycles. The second-order valence-corrected chi connectivity index (χ2v) is 8.52. The van der Waals surface area contributed by atoms with Gasteiger partial charge in [0.05, 0.1) is 0 Å². The molecule has 118 valence electrons. The van der Waals surface area contributed by atoms with Crippen LogP contribution in [-0.4, -0.2) is 12.1 Å². The van der Waals surface area contributed by atoms with Gasteiger partial charge in [0.2, 0.25) is 0 Å². The third kappa shape index (κ3) is 2.55. The molecule has 2 saturated carbocycles. The van der Waals surface area contributed by atoms with Crippen molar-refractivity contribution in [2.75, 3.05) is 0 Å². The Morgan fingerprint density at radius 1 is 1.14 bits per heavy atom. The zero-order chi connectivity index (χ0) is 15.3. The van der Waals surface area contributed by atoms with E-state index in [0.717, 1.165) is 12.3 Å². The van der Waals surface area contributed by atoms with Crippen LogP contribution in [0.15, 0.2) is 12.2 Å². The number of fused-ring (bicyclic) bond motifs is 3. The van der Waals surface area contributed by atoms with Gasteiger partial charge in [-0.2, -0.15) is 0 Å². The van der Waals surface area contributed by atoms with E-state index in [1.165, 1.54) is 39.0 Å². The zero-order valence-electron chi connectivity index (χ0n) is 14.0. The van der Waals surface area contributed by atoms with Crippen LogP contribution in [0.5, 0.6) is 0 Å². The molecule has 0 aromatic heterocycles. The standard InChI is InChI=1S/C19H30O2/c1-13(20)21-15-8-6-14-7-9-17-18(2,3)10-5-11-19(17,4)16(14)12-15/h6,8,14-17H,5,7,9-12H2,1-4H3/t14-,15+,16+,17+,19-/m1/s1. The van der Waals surface area contributed by atoms with Crippen molar-refractivity contribution >= 4 is 5.97 Å². The molecule has 5 atom stereocenters. The summed E-state index contributed by atoms with van der Waals surface area (Å²) in [4.78, 5) is 11.3. The second-order valence-electron chi connectivity index (χ2n) is 8.52. The highest BCUT2D eigenvalue weighted by molar-refractivity contribution is 5.66. The highest BCUT2D eigenvalue weighted by Crippen LogP contribution is 2.62. The van der Waals surface area contributed by atoms with Gasteiger partial charge in [-0.15, -0.1) is 0 Å². The molecule has 0 spiro atoms. The van der Waals surface area contributed by atoms with Crippen molar-refractivity contribution in [3.8, 4) is 0 Å². The maximum absolute atomic E-state index is 11.3. The first-order chi connectivity index (χ1) is 9.83. The molecule has 3 aliphatic rings. The Kier molecular flexibility index (Phi) is 3.70. The predicted octanol–water partition coefficient (Wildman–Crippen LogP) is 4.74. The van der Waals surface area contributed by atoms with Crippen molar-refractivity contribution in [2.45, 2.75) is 72.3 Å². The van der Waals surface area contributed by atoms with Crippen LogP contribution in [0.2, 0.25) is 0 Å². The number of hydrogen-bond acceptors (Lipinski definition) is 2. The normalized spacial score (nSPS) is 44.6. The fraction of sp³-hybridized carbons (Fsp3) is 0.842. The van der Waals surface area contributed by atoms with Gasteiger partial charge in [0.1, 0.15) is 6.10 Å². The van der Waals surface area contributed by atoms with Crippen LogP contribution in [-0.2, 0) is 9.53 Å². The molecule has 0 aromatic carbocycles. The number of rotatable bonds is 1. The minimum atomic E-state index is -0.149. The number of esters is 1. The van der Waals surface area contributed by atoms with Gasteiger partial charge in [-0.05, 0) is 66.8 Å². The van der Waals surface area contributed by atoms with Gasteiger partial charge in [0.25, 0.3) is 0 Å². The molecule has 0 amide bonds. The van der Waals surface area contributed by atoms with Gasteiger partial charge < -0.3 is 4.74 Å². The summed E-state index contributed by atoms with van der Waals surface area (Å²) in [6.45, 7) is 8.99. The Labute approximate surface area is 129 Å². The summed E-state index contributed by atoms with van der Waals surface area (Å²) in [5.41, 5.74) is 0.893. The number of carbonyl (C=O) groups is 1. The van der Waals surface area contributed by atoms with E-state index in [9.17, 15) is 4.79 Å². The summed E-state index contributed by atoms with van der Waals surface area (Å²) < 4.78 is 5.49. The molecule has 2 heteroatoms. The van der Waals surface area contributed by atoms with E-state index in [2.05, 4.69) is 32.9 Å². The number of carbonyl (C=O) groups excluding carboxylic acids is 1. The second kappa shape index (κ2) is 5.14. The summed E-state index contributed by atoms with van der Waals surface area (Å²) >= 11 is 0. The smallest absolute Gasteiger partial charge is 0.303 e. The van der Waals surface area contributed by atoms with Crippen molar-refractivity contribution in [3.05, 3.63) is 12.2 Å². The fourth-order valence-electron chi connectivity index (χ4n) is 5.95. The zero-order valence-corrected chi connectivity index (χ0v) is 14.0. The maximum Gasteiger partial charge on any atom is 0.303 e. The highest BCUT2D eigenvalue weighted by Gasteiger charge is 2.55. The van der Waals surface area contributed by atoms with E-state index in [0.29, 0.717) is 22.7 Å². The van der Waals surface area contributed by atoms with Gasteiger partial charge in [-0.25, -0.2) is 0 Å². The number of hydrogen-bond donors (Lipinski definition) is 0. The lowest BCUT2D eigenvalue weighted by molar-refractivity contribution is -0.149. The molecule has 0 radical (unpaired) electrons. The quantitative estimate of drug-likeness (QED) is 0.515. The lowest BCUT2D eigenvalue weighted by atomic mass is 9.45. The molecular weight excluding hydrogens is 260 g/mol. The summed E-state index contributed by atoms with van der Waals surface area (Å²) in [6, 6.07) is 0. The third-order valence-electron chi connectivity index (χ3n) is 6.81. The number of allylic oxidation sites excluding steroid dienone is 1. The molecule has 21 heavy (non-hydrogen) atoms. The lowest BCUT2D eigenvalue weighted by Gasteiger charge is -2.60. The van der Waals surface area contributed by atoms with Gasteiger partial charge in [0, 0.05) is 6.92 Å². The topological polar surface area (TPSA) is 26.3 Å². The van der Waals surface area contributed by atoms with Crippen molar-refractivity contribution in [1.82, 2.24) is 0 Å². The van der Waals surface area contributed by atoms with E-state index in [4.69, 9.17) is 4.74 Å². The number of ether oxygens (including phenoxy) is 1. The Bertz CT molecular complexity index is 450. The molecular formula is C19H30O2. The van der Waals surface area contributed by atoms with E-state index in [-0.39, 0.29) is 12.1 Å². The molecule has 2 nitrogen and oxygen atoms in total. The van der Waals surface area contributed by atoms with Gasteiger partial charge in [-0.3, -0.25) is 4.79 Å². The minimum absolute atomic E-state index is 0.00404. The monoisotopic (exact) mass is 290 g/mol. The largest absolute Gasteiger partial charge is 0.458 e. The molecule has 0 aliphatic heterocycles. The first-order valence-corrected chi connectivity index (χ1v) is 8.68. The van der Waals surface area contributed by atoms with E-state index in [1.54, 1.807) is 0 Å². The Hall–Kier alpha value is -0.790. The third-order valence-corrected chi connectivity index (χ3v) is 6.81. The summed E-state index contributed by atoms with van der Waals surface area (Å²) in [5.74, 6) is 2.06.